The zero-order valence-electron chi connectivity index (χ0n) is 18.0. The van der Waals surface area contributed by atoms with E-state index in [1.807, 2.05) is 17.6 Å². The monoisotopic (exact) mass is 421 g/mol. The minimum atomic E-state index is -0.119. The molecule has 0 radical (unpaired) electrons. The molecule has 3 aliphatic rings. The summed E-state index contributed by atoms with van der Waals surface area (Å²) >= 11 is 0. The maximum Gasteiger partial charge on any atom is 0.254 e. The fourth-order valence-corrected chi connectivity index (χ4v) is 4.22. The SMILES string of the molecule is COc1cc2c(cc1C#CC1CC1)CCn1c-2c(C)c(OC[C@@H]2COCCO2)cc1=O. The number of ether oxygens (including phenoxy) is 4. The molecule has 6 nitrogen and oxygen atoms in total. The van der Waals surface area contributed by atoms with Crippen molar-refractivity contribution in [3.05, 3.63) is 45.2 Å². The Morgan fingerprint density at radius 1 is 1.19 bits per heavy atom. The molecule has 0 amide bonds. The van der Waals surface area contributed by atoms with Crippen LogP contribution in [0.5, 0.6) is 11.5 Å². The number of aryl methyl sites for hydroxylation is 1. The summed E-state index contributed by atoms with van der Waals surface area (Å²) in [7, 11) is 1.67. The van der Waals surface area contributed by atoms with Crippen LogP contribution in [0.2, 0.25) is 0 Å². The number of pyridine rings is 1. The van der Waals surface area contributed by atoms with Crippen molar-refractivity contribution in [2.75, 3.05) is 33.5 Å². The van der Waals surface area contributed by atoms with Crippen molar-refractivity contribution in [1.29, 1.82) is 0 Å². The zero-order valence-corrected chi connectivity index (χ0v) is 18.0. The first-order valence-electron chi connectivity index (χ1n) is 10.9. The number of nitrogens with zero attached hydrogens (tertiary/aromatic N) is 1. The Kier molecular flexibility index (Phi) is 5.47. The van der Waals surface area contributed by atoms with Crippen molar-refractivity contribution in [3.8, 4) is 34.6 Å². The van der Waals surface area contributed by atoms with Crippen LogP contribution in [0.15, 0.2) is 23.0 Å². The predicted octanol–water partition coefficient (Wildman–Crippen LogP) is 2.94. The van der Waals surface area contributed by atoms with E-state index in [2.05, 4.69) is 17.9 Å². The molecule has 2 fully saturated rings. The summed E-state index contributed by atoms with van der Waals surface area (Å²) in [6.07, 6.45) is 3.05. The van der Waals surface area contributed by atoms with E-state index in [1.165, 1.54) is 18.4 Å². The fraction of sp³-hybridized carbons (Fsp3) is 0.480. The van der Waals surface area contributed by atoms with Crippen LogP contribution in [0, 0.1) is 24.7 Å². The lowest BCUT2D eigenvalue weighted by Gasteiger charge is -2.27. The van der Waals surface area contributed by atoms with Gasteiger partial charge in [0.15, 0.2) is 0 Å². The van der Waals surface area contributed by atoms with E-state index < -0.39 is 0 Å². The van der Waals surface area contributed by atoms with Crippen LogP contribution in [0.3, 0.4) is 0 Å². The van der Waals surface area contributed by atoms with Gasteiger partial charge in [-0.25, -0.2) is 0 Å². The third-order valence-corrected chi connectivity index (χ3v) is 6.10. The normalized spacial score (nSPS) is 19.6. The van der Waals surface area contributed by atoms with Gasteiger partial charge in [0.25, 0.3) is 5.56 Å². The van der Waals surface area contributed by atoms with E-state index in [9.17, 15) is 4.79 Å². The number of hydrogen-bond acceptors (Lipinski definition) is 5. The summed E-state index contributed by atoms with van der Waals surface area (Å²) in [6.45, 7) is 4.69. The van der Waals surface area contributed by atoms with Gasteiger partial charge in [-0.15, -0.1) is 0 Å². The number of rotatable bonds is 4. The van der Waals surface area contributed by atoms with Gasteiger partial charge in [0.05, 0.1) is 38.2 Å². The molecular weight excluding hydrogens is 394 g/mol. The Labute approximate surface area is 182 Å². The highest BCUT2D eigenvalue weighted by Gasteiger charge is 2.25. The third kappa shape index (κ3) is 4.08. The summed E-state index contributed by atoms with van der Waals surface area (Å²) < 4.78 is 24.6. The molecule has 1 saturated heterocycles. The van der Waals surface area contributed by atoms with E-state index in [4.69, 9.17) is 18.9 Å². The maximum absolute atomic E-state index is 12.9. The molecule has 0 spiro atoms. The second kappa shape index (κ2) is 8.41. The molecule has 1 saturated carbocycles. The predicted molar refractivity (Wildman–Crippen MR) is 117 cm³/mol. The Balaban J connectivity index is 1.51. The number of hydrogen-bond donors (Lipinski definition) is 0. The van der Waals surface area contributed by atoms with Crippen LogP contribution in [-0.4, -0.2) is 44.2 Å². The molecular formula is C25H27NO5. The van der Waals surface area contributed by atoms with Crippen molar-refractivity contribution in [1.82, 2.24) is 4.57 Å². The van der Waals surface area contributed by atoms with Crippen LogP contribution in [0.1, 0.15) is 29.5 Å². The number of aromatic nitrogens is 1. The minimum Gasteiger partial charge on any atom is -0.495 e. The number of fused-ring (bicyclic) bond motifs is 3. The van der Waals surface area contributed by atoms with Crippen LogP contribution in [0.25, 0.3) is 11.3 Å². The average Bonchev–Trinajstić information content (AvgIpc) is 3.63. The Hall–Kier alpha value is -2.75. The Morgan fingerprint density at radius 3 is 2.81 bits per heavy atom. The lowest BCUT2D eigenvalue weighted by atomic mass is 9.92. The van der Waals surface area contributed by atoms with Crippen LogP contribution >= 0.6 is 0 Å². The van der Waals surface area contributed by atoms with Gasteiger partial charge in [-0.2, -0.15) is 0 Å². The molecule has 3 heterocycles. The second-order valence-electron chi connectivity index (χ2n) is 8.35. The molecule has 2 aliphatic heterocycles. The zero-order chi connectivity index (χ0) is 21.4. The number of methoxy groups -OCH3 is 1. The summed E-state index contributed by atoms with van der Waals surface area (Å²) in [5.41, 5.74) is 4.89. The first-order valence-corrected chi connectivity index (χ1v) is 10.9. The molecule has 1 aromatic heterocycles. The second-order valence-corrected chi connectivity index (χ2v) is 8.35. The van der Waals surface area contributed by atoms with Gasteiger partial charge in [0, 0.05) is 29.7 Å². The first-order chi connectivity index (χ1) is 15.1. The van der Waals surface area contributed by atoms with Crippen LogP contribution in [-0.2, 0) is 22.4 Å². The average molecular weight is 421 g/mol. The highest BCUT2D eigenvalue weighted by atomic mass is 16.6. The third-order valence-electron chi connectivity index (χ3n) is 6.10. The molecule has 1 aromatic carbocycles. The minimum absolute atomic E-state index is 0.0568. The van der Waals surface area contributed by atoms with Crippen LogP contribution in [0.4, 0.5) is 0 Å². The molecule has 1 atom stereocenters. The maximum atomic E-state index is 12.9. The van der Waals surface area contributed by atoms with Gasteiger partial charge in [-0.1, -0.05) is 11.8 Å². The van der Waals surface area contributed by atoms with Gasteiger partial charge in [-0.3, -0.25) is 4.79 Å². The topological polar surface area (TPSA) is 58.9 Å². The van der Waals surface area contributed by atoms with Crippen molar-refractivity contribution < 1.29 is 18.9 Å². The summed E-state index contributed by atoms with van der Waals surface area (Å²) in [5.74, 6) is 8.49. The lowest BCUT2D eigenvalue weighted by Crippen LogP contribution is -2.34. The summed E-state index contributed by atoms with van der Waals surface area (Å²) in [6, 6.07) is 5.73. The quantitative estimate of drug-likeness (QED) is 0.711. The van der Waals surface area contributed by atoms with Gasteiger partial charge in [-0.05, 0) is 43.9 Å². The number of benzene rings is 1. The molecule has 0 bridgehead atoms. The van der Waals surface area contributed by atoms with Gasteiger partial charge >= 0.3 is 0 Å². The van der Waals surface area contributed by atoms with Crippen molar-refractivity contribution in [2.45, 2.75) is 38.8 Å². The Bertz CT molecular complexity index is 1110. The molecule has 2 aromatic rings. The van der Waals surface area contributed by atoms with Gasteiger partial charge < -0.3 is 23.5 Å². The van der Waals surface area contributed by atoms with Crippen molar-refractivity contribution >= 4 is 0 Å². The smallest absolute Gasteiger partial charge is 0.254 e. The van der Waals surface area contributed by atoms with E-state index >= 15 is 0 Å². The summed E-state index contributed by atoms with van der Waals surface area (Å²) in [4.78, 5) is 12.9. The van der Waals surface area contributed by atoms with Crippen molar-refractivity contribution in [3.63, 3.8) is 0 Å². The van der Waals surface area contributed by atoms with E-state index in [0.717, 1.165) is 34.6 Å². The van der Waals surface area contributed by atoms with E-state index in [0.29, 0.717) is 44.6 Å². The van der Waals surface area contributed by atoms with Crippen molar-refractivity contribution in [2.24, 2.45) is 5.92 Å². The lowest BCUT2D eigenvalue weighted by molar-refractivity contribution is -0.101. The van der Waals surface area contributed by atoms with E-state index in [1.54, 1.807) is 13.2 Å². The first kappa shape index (κ1) is 20.2. The highest BCUT2D eigenvalue weighted by molar-refractivity contribution is 5.74. The molecule has 1 aliphatic carbocycles. The fourth-order valence-electron chi connectivity index (χ4n) is 4.22. The van der Waals surface area contributed by atoms with Gasteiger partial charge in [0.2, 0.25) is 0 Å². The molecule has 0 unspecified atom stereocenters. The van der Waals surface area contributed by atoms with Crippen LogP contribution < -0.4 is 15.0 Å². The largest absolute Gasteiger partial charge is 0.495 e. The standard InChI is InChI=1S/C25H27NO5/c1-16-22(31-15-20-14-29-9-10-30-20)13-24(27)26-8-7-18-11-19(6-5-17-3-4-17)23(28-2)12-21(18)25(16)26/h11-13,17,20H,3-4,7-10,14-15H2,1-2H3/t20-/m0/s1. The van der Waals surface area contributed by atoms with Gasteiger partial charge in [0.1, 0.15) is 24.2 Å². The summed E-state index contributed by atoms with van der Waals surface area (Å²) in [5, 5.41) is 0. The molecule has 162 valence electrons. The molecule has 6 heteroatoms. The Morgan fingerprint density at radius 2 is 2.06 bits per heavy atom. The molecule has 0 N–H and O–H groups in total. The highest BCUT2D eigenvalue weighted by Crippen LogP contribution is 2.38. The molecule has 5 rings (SSSR count). The molecule has 31 heavy (non-hydrogen) atoms. The van der Waals surface area contributed by atoms with E-state index in [-0.39, 0.29) is 11.7 Å².